The van der Waals surface area contributed by atoms with Gasteiger partial charge in [0.15, 0.2) is 0 Å². The summed E-state index contributed by atoms with van der Waals surface area (Å²) < 4.78 is 1.51. The first-order valence-corrected chi connectivity index (χ1v) is 13.2. The molecule has 0 bridgehead atoms. The Morgan fingerprint density at radius 1 is 0.650 bits per heavy atom. The van der Waals surface area contributed by atoms with Gasteiger partial charge in [0.25, 0.3) is 0 Å². The SMILES string of the molecule is I[As+]c1cccc2ccc3cc4ccccc4cc3c12. The van der Waals surface area contributed by atoms with E-state index in [-0.39, 0.29) is 12.4 Å². The fourth-order valence-corrected chi connectivity index (χ4v) is 5.94. The Labute approximate surface area is 135 Å². The molecule has 0 unspecified atom stereocenters. The van der Waals surface area contributed by atoms with Crippen molar-refractivity contribution < 1.29 is 0 Å². The van der Waals surface area contributed by atoms with Crippen LogP contribution < -0.4 is 4.35 Å². The van der Waals surface area contributed by atoms with E-state index < -0.39 is 0 Å². The second-order valence-corrected chi connectivity index (χ2v) is 8.82. The van der Waals surface area contributed by atoms with Gasteiger partial charge in [-0.25, -0.2) is 0 Å². The summed E-state index contributed by atoms with van der Waals surface area (Å²) in [5.74, 6) is 0. The molecule has 0 aromatic heterocycles. The van der Waals surface area contributed by atoms with Gasteiger partial charge in [-0.3, -0.25) is 0 Å². The molecule has 0 amide bonds. The molecule has 0 aliphatic carbocycles. The van der Waals surface area contributed by atoms with Crippen LogP contribution in [0.4, 0.5) is 0 Å². The van der Waals surface area contributed by atoms with Gasteiger partial charge < -0.3 is 0 Å². The van der Waals surface area contributed by atoms with Crippen LogP contribution in [0.5, 0.6) is 0 Å². The van der Waals surface area contributed by atoms with Crippen LogP contribution in [0.3, 0.4) is 0 Å². The molecule has 0 aliphatic heterocycles. The van der Waals surface area contributed by atoms with Crippen LogP contribution in [-0.2, 0) is 0 Å². The Kier molecular flexibility index (Phi) is 3.20. The number of hydrogen-bond donors (Lipinski definition) is 0. The molecule has 0 heterocycles. The predicted octanol–water partition coefficient (Wildman–Crippen LogP) is 4.83. The van der Waals surface area contributed by atoms with E-state index in [1.54, 1.807) is 0 Å². The monoisotopic (exact) mass is 429 g/mol. The van der Waals surface area contributed by atoms with Crippen molar-refractivity contribution in [1.29, 1.82) is 0 Å². The van der Waals surface area contributed by atoms with Crippen molar-refractivity contribution in [2.45, 2.75) is 0 Å². The average Bonchev–Trinajstić information content (AvgIpc) is 2.52. The van der Waals surface area contributed by atoms with Crippen molar-refractivity contribution in [2.75, 3.05) is 0 Å². The van der Waals surface area contributed by atoms with Gasteiger partial charge in [0, 0.05) is 0 Å². The second-order valence-electron chi connectivity index (χ2n) is 4.95. The molecule has 94 valence electrons. The van der Waals surface area contributed by atoms with Crippen LogP contribution in [-0.4, -0.2) is 12.4 Å². The maximum atomic E-state index is 2.55. The summed E-state index contributed by atoms with van der Waals surface area (Å²) in [6.07, 6.45) is 0. The molecule has 0 aliphatic rings. The topological polar surface area (TPSA) is 0 Å². The van der Waals surface area contributed by atoms with Crippen molar-refractivity contribution in [2.24, 2.45) is 0 Å². The third-order valence-electron chi connectivity index (χ3n) is 3.80. The Morgan fingerprint density at radius 2 is 1.35 bits per heavy atom. The van der Waals surface area contributed by atoms with E-state index in [0.29, 0.717) is 0 Å². The molecule has 0 nitrogen and oxygen atoms in total. The number of rotatable bonds is 1. The molecule has 4 aromatic rings. The third kappa shape index (κ3) is 1.96. The summed E-state index contributed by atoms with van der Waals surface area (Å²) in [6, 6.07) is 24.5. The van der Waals surface area contributed by atoms with Crippen molar-refractivity contribution >= 4 is 69.2 Å². The van der Waals surface area contributed by atoms with Gasteiger partial charge in [-0.2, -0.15) is 0 Å². The number of benzene rings is 4. The van der Waals surface area contributed by atoms with E-state index in [4.69, 9.17) is 0 Å². The van der Waals surface area contributed by atoms with Crippen LogP contribution in [0.25, 0.3) is 32.3 Å². The van der Waals surface area contributed by atoms with Crippen LogP contribution in [0, 0.1) is 0 Å². The summed E-state index contributed by atoms with van der Waals surface area (Å²) in [7, 11) is 0. The molecule has 4 rings (SSSR count). The van der Waals surface area contributed by atoms with Crippen LogP contribution in [0.2, 0.25) is 0 Å². The summed E-state index contributed by atoms with van der Waals surface area (Å²) in [6.45, 7) is 0. The fourth-order valence-electron chi connectivity index (χ4n) is 2.85. The molecule has 0 N–H and O–H groups in total. The van der Waals surface area contributed by atoms with Gasteiger partial charge in [0.1, 0.15) is 0 Å². The number of halogens is 1. The molecule has 20 heavy (non-hydrogen) atoms. The third-order valence-corrected chi connectivity index (χ3v) is 7.66. The Bertz CT molecular complexity index is 944. The van der Waals surface area contributed by atoms with Gasteiger partial charge in [0.05, 0.1) is 0 Å². The maximum absolute atomic E-state index is 2.55. The Balaban J connectivity index is 2.25. The minimum atomic E-state index is 0.204. The van der Waals surface area contributed by atoms with Gasteiger partial charge in [-0.15, -0.1) is 0 Å². The number of hydrogen-bond acceptors (Lipinski definition) is 0. The van der Waals surface area contributed by atoms with E-state index in [2.05, 4.69) is 86.9 Å². The van der Waals surface area contributed by atoms with Crippen LogP contribution in [0.1, 0.15) is 0 Å². The van der Waals surface area contributed by atoms with E-state index in [0.717, 1.165) is 0 Å². The van der Waals surface area contributed by atoms with E-state index >= 15 is 0 Å². The van der Waals surface area contributed by atoms with E-state index in [9.17, 15) is 0 Å². The molecule has 0 fully saturated rings. The minimum absolute atomic E-state index is 0.204. The second kappa shape index (κ2) is 5.05. The van der Waals surface area contributed by atoms with Crippen LogP contribution in [0.15, 0.2) is 66.7 Å². The first-order chi connectivity index (χ1) is 9.86. The van der Waals surface area contributed by atoms with Gasteiger partial charge in [0.2, 0.25) is 0 Å². The van der Waals surface area contributed by atoms with Crippen molar-refractivity contribution in [3.63, 3.8) is 0 Å². The molecule has 2 heteroatoms. The predicted molar refractivity (Wildman–Crippen MR) is 98.4 cm³/mol. The van der Waals surface area contributed by atoms with Gasteiger partial charge in [-0.1, -0.05) is 0 Å². The zero-order valence-corrected chi connectivity index (χ0v) is 14.7. The summed E-state index contributed by atoms with van der Waals surface area (Å²) in [5, 5.41) is 8.19. The van der Waals surface area contributed by atoms with Gasteiger partial charge in [-0.05, 0) is 0 Å². The Morgan fingerprint density at radius 3 is 2.15 bits per heavy atom. The van der Waals surface area contributed by atoms with Crippen molar-refractivity contribution in [3.05, 3.63) is 66.7 Å². The zero-order valence-electron chi connectivity index (χ0n) is 10.7. The molecular weight excluding hydrogens is 418 g/mol. The first kappa shape index (κ1) is 12.7. The molecule has 0 saturated heterocycles. The summed E-state index contributed by atoms with van der Waals surface area (Å²) >= 11 is 2.75. The average molecular weight is 429 g/mol. The van der Waals surface area contributed by atoms with Gasteiger partial charge >= 0.3 is 136 Å². The summed E-state index contributed by atoms with van der Waals surface area (Å²) in [5.41, 5.74) is 0. The molecule has 4 aromatic carbocycles. The Hall–Kier alpha value is -1.05. The van der Waals surface area contributed by atoms with Crippen molar-refractivity contribution in [1.82, 2.24) is 0 Å². The molecule has 0 atom stereocenters. The fraction of sp³-hybridized carbons (Fsp3) is 0. The number of fused-ring (bicyclic) bond motifs is 4. The summed E-state index contributed by atoms with van der Waals surface area (Å²) in [4.78, 5) is 0. The zero-order chi connectivity index (χ0) is 13.5. The quantitative estimate of drug-likeness (QED) is 0.176. The molecule has 0 spiro atoms. The standard InChI is InChI=1S/C18H11AsI/c20-19-17-7-3-6-12-8-9-15-10-13-4-1-2-5-14(13)11-16(15)18(12)17/h1-11H/q+1. The first-order valence-electron chi connectivity index (χ1n) is 6.53. The molecule has 0 saturated carbocycles. The molecular formula is C18H11AsI+. The van der Waals surface area contributed by atoms with Crippen molar-refractivity contribution in [3.8, 4) is 0 Å². The normalized spacial score (nSPS) is 12.1. The molecule has 2 radical (unpaired) electrons. The van der Waals surface area contributed by atoms with E-state index in [1.165, 1.54) is 36.7 Å². The van der Waals surface area contributed by atoms with E-state index in [1.807, 2.05) is 0 Å². The van der Waals surface area contributed by atoms with Crippen LogP contribution >= 0.6 is 20.1 Å².